The van der Waals surface area contributed by atoms with Crippen molar-refractivity contribution < 1.29 is 4.79 Å². The lowest BCUT2D eigenvalue weighted by atomic mass is 9.83. The number of nitrogens with two attached hydrogens (primary N) is 2. The number of para-hydroxylation sites is 1. The molecule has 4 heteroatoms. The fourth-order valence-corrected chi connectivity index (χ4v) is 3.00. The van der Waals surface area contributed by atoms with Gasteiger partial charge in [-0.1, -0.05) is 25.8 Å². The van der Waals surface area contributed by atoms with Gasteiger partial charge < -0.3 is 16.8 Å². The van der Waals surface area contributed by atoms with Crippen LogP contribution < -0.4 is 16.8 Å². The Hall–Kier alpha value is -1.71. The van der Waals surface area contributed by atoms with Crippen molar-refractivity contribution in [3.8, 4) is 0 Å². The van der Waals surface area contributed by atoms with Crippen LogP contribution in [0.5, 0.6) is 0 Å². The lowest BCUT2D eigenvalue weighted by molar-refractivity contribution is 0.100. The van der Waals surface area contributed by atoms with Gasteiger partial charge in [0.05, 0.1) is 16.9 Å². The van der Waals surface area contributed by atoms with Crippen molar-refractivity contribution in [1.82, 2.24) is 0 Å². The van der Waals surface area contributed by atoms with Crippen LogP contribution in [-0.4, -0.2) is 12.5 Å². The molecule has 19 heavy (non-hydrogen) atoms. The van der Waals surface area contributed by atoms with Crippen LogP contribution >= 0.6 is 0 Å². The Kier molecular flexibility index (Phi) is 3.98. The first-order valence-electron chi connectivity index (χ1n) is 7.00. The first-order chi connectivity index (χ1) is 9.08. The number of carbonyl (C=O) groups is 1. The molecule has 4 nitrogen and oxygen atoms in total. The van der Waals surface area contributed by atoms with Crippen LogP contribution in [0.3, 0.4) is 0 Å². The minimum Gasteiger partial charge on any atom is -0.396 e. The monoisotopic (exact) mass is 261 g/mol. The maximum Gasteiger partial charge on any atom is 0.250 e. The van der Waals surface area contributed by atoms with E-state index in [9.17, 15) is 4.79 Å². The van der Waals surface area contributed by atoms with E-state index in [0.717, 1.165) is 12.2 Å². The van der Waals surface area contributed by atoms with Gasteiger partial charge in [-0.3, -0.25) is 4.79 Å². The van der Waals surface area contributed by atoms with E-state index in [1.54, 1.807) is 6.07 Å². The summed E-state index contributed by atoms with van der Waals surface area (Å²) in [4.78, 5) is 11.3. The summed E-state index contributed by atoms with van der Waals surface area (Å²) in [5.41, 5.74) is 13.3. The summed E-state index contributed by atoms with van der Waals surface area (Å²) in [6.07, 6.45) is 6.34. The van der Waals surface area contributed by atoms with Crippen LogP contribution in [0.25, 0.3) is 0 Å². The van der Waals surface area contributed by atoms with Gasteiger partial charge in [0.15, 0.2) is 0 Å². The Morgan fingerprint density at radius 2 is 2.05 bits per heavy atom. The maximum absolute atomic E-state index is 11.3. The molecule has 5 N–H and O–H groups in total. The average molecular weight is 261 g/mol. The van der Waals surface area contributed by atoms with Gasteiger partial charge in [0.25, 0.3) is 5.91 Å². The lowest BCUT2D eigenvalue weighted by Gasteiger charge is -2.28. The molecule has 1 aliphatic rings. The van der Waals surface area contributed by atoms with E-state index in [1.807, 2.05) is 12.1 Å². The number of anilines is 2. The highest BCUT2D eigenvalue weighted by Crippen LogP contribution is 2.41. The topological polar surface area (TPSA) is 81.1 Å². The predicted octanol–water partition coefficient (Wildman–Crippen LogP) is 2.75. The van der Waals surface area contributed by atoms with Crippen molar-refractivity contribution in [1.29, 1.82) is 0 Å². The Bertz CT molecular complexity index is 464. The minimum absolute atomic E-state index is 0.384. The summed E-state index contributed by atoms with van der Waals surface area (Å²) in [7, 11) is 0. The van der Waals surface area contributed by atoms with E-state index in [1.165, 1.54) is 32.1 Å². The maximum atomic E-state index is 11.3. The molecule has 1 aliphatic carbocycles. The molecular weight excluding hydrogens is 238 g/mol. The SMILES string of the molecule is CCC1(CNc2cccc(C(N)=O)c2N)CCCC1. The molecular formula is C15H23N3O. The molecule has 0 heterocycles. The number of amides is 1. The third-order valence-corrected chi connectivity index (χ3v) is 4.44. The number of carbonyl (C=O) groups excluding carboxylic acids is 1. The van der Waals surface area contributed by atoms with Crippen molar-refractivity contribution in [2.24, 2.45) is 11.1 Å². The second-order valence-electron chi connectivity index (χ2n) is 5.55. The Balaban J connectivity index is 2.11. The molecule has 0 bridgehead atoms. The summed E-state index contributed by atoms with van der Waals surface area (Å²) in [5.74, 6) is -0.479. The number of nitrogen functional groups attached to an aromatic ring is 1. The van der Waals surface area contributed by atoms with Crippen LogP contribution in [0.4, 0.5) is 11.4 Å². The van der Waals surface area contributed by atoms with Crippen LogP contribution in [0.1, 0.15) is 49.4 Å². The highest BCUT2D eigenvalue weighted by Gasteiger charge is 2.31. The zero-order valence-corrected chi connectivity index (χ0v) is 11.5. The van der Waals surface area contributed by atoms with Crippen LogP contribution in [0.2, 0.25) is 0 Å². The Morgan fingerprint density at radius 3 is 2.63 bits per heavy atom. The van der Waals surface area contributed by atoms with Gasteiger partial charge in [-0.15, -0.1) is 0 Å². The molecule has 1 aromatic rings. The second kappa shape index (κ2) is 5.51. The molecule has 1 saturated carbocycles. The summed E-state index contributed by atoms with van der Waals surface area (Å²) in [5, 5.41) is 3.41. The number of benzene rings is 1. The van der Waals surface area contributed by atoms with Gasteiger partial charge in [-0.2, -0.15) is 0 Å². The van der Waals surface area contributed by atoms with Gasteiger partial charge in [-0.25, -0.2) is 0 Å². The largest absolute Gasteiger partial charge is 0.396 e. The predicted molar refractivity (Wildman–Crippen MR) is 79.1 cm³/mol. The summed E-state index contributed by atoms with van der Waals surface area (Å²) < 4.78 is 0. The standard InChI is InChI=1S/C15H23N3O/c1-2-15(8-3-4-9-15)10-18-12-7-5-6-11(13(12)16)14(17)19/h5-7,18H,2-4,8-10,16H2,1H3,(H2,17,19). The van der Waals surface area contributed by atoms with Crippen LogP contribution in [0.15, 0.2) is 18.2 Å². The van der Waals surface area contributed by atoms with Crippen molar-refractivity contribution in [2.75, 3.05) is 17.6 Å². The normalized spacial score (nSPS) is 17.3. The van der Waals surface area contributed by atoms with E-state index in [2.05, 4.69) is 12.2 Å². The molecule has 0 aromatic heterocycles. The third kappa shape index (κ3) is 2.83. The minimum atomic E-state index is -0.479. The summed E-state index contributed by atoms with van der Waals surface area (Å²) >= 11 is 0. The molecule has 2 rings (SSSR count). The highest BCUT2D eigenvalue weighted by atomic mass is 16.1. The molecule has 0 radical (unpaired) electrons. The van der Waals surface area contributed by atoms with E-state index < -0.39 is 5.91 Å². The number of hydrogen-bond acceptors (Lipinski definition) is 3. The number of rotatable bonds is 5. The molecule has 0 unspecified atom stereocenters. The molecule has 0 aliphatic heterocycles. The van der Waals surface area contributed by atoms with Crippen molar-refractivity contribution in [2.45, 2.75) is 39.0 Å². The smallest absolute Gasteiger partial charge is 0.250 e. The number of nitrogens with one attached hydrogen (secondary N) is 1. The van der Waals surface area contributed by atoms with Crippen molar-refractivity contribution >= 4 is 17.3 Å². The average Bonchev–Trinajstić information content (AvgIpc) is 2.87. The first-order valence-corrected chi connectivity index (χ1v) is 7.00. The summed E-state index contributed by atoms with van der Waals surface area (Å²) in [6.45, 7) is 3.16. The Labute approximate surface area is 114 Å². The van der Waals surface area contributed by atoms with Gasteiger partial charge in [0.2, 0.25) is 0 Å². The fourth-order valence-electron chi connectivity index (χ4n) is 3.00. The highest BCUT2D eigenvalue weighted by molar-refractivity contribution is 6.00. The molecule has 1 fully saturated rings. The lowest BCUT2D eigenvalue weighted by Crippen LogP contribution is -2.26. The van der Waals surface area contributed by atoms with Crippen LogP contribution in [-0.2, 0) is 0 Å². The molecule has 0 atom stereocenters. The van der Waals surface area contributed by atoms with E-state index in [0.29, 0.717) is 16.7 Å². The third-order valence-electron chi connectivity index (χ3n) is 4.44. The van der Waals surface area contributed by atoms with Gasteiger partial charge in [0.1, 0.15) is 0 Å². The van der Waals surface area contributed by atoms with E-state index >= 15 is 0 Å². The van der Waals surface area contributed by atoms with E-state index in [4.69, 9.17) is 11.5 Å². The zero-order valence-electron chi connectivity index (χ0n) is 11.5. The van der Waals surface area contributed by atoms with E-state index in [-0.39, 0.29) is 0 Å². The van der Waals surface area contributed by atoms with Crippen molar-refractivity contribution in [3.63, 3.8) is 0 Å². The molecule has 1 amide bonds. The van der Waals surface area contributed by atoms with Crippen LogP contribution in [0, 0.1) is 5.41 Å². The quantitative estimate of drug-likeness (QED) is 0.713. The number of primary amides is 1. The number of hydrogen-bond donors (Lipinski definition) is 3. The Morgan fingerprint density at radius 1 is 1.37 bits per heavy atom. The summed E-state index contributed by atoms with van der Waals surface area (Å²) in [6, 6.07) is 5.38. The zero-order chi connectivity index (χ0) is 13.9. The fraction of sp³-hybridized carbons (Fsp3) is 0.533. The second-order valence-corrected chi connectivity index (χ2v) is 5.55. The molecule has 0 spiro atoms. The van der Waals surface area contributed by atoms with Gasteiger partial charge >= 0.3 is 0 Å². The van der Waals surface area contributed by atoms with Crippen molar-refractivity contribution in [3.05, 3.63) is 23.8 Å². The van der Waals surface area contributed by atoms with Gasteiger partial charge in [-0.05, 0) is 36.8 Å². The molecule has 0 saturated heterocycles. The van der Waals surface area contributed by atoms with Gasteiger partial charge in [0, 0.05) is 6.54 Å². The molecule has 1 aromatic carbocycles. The molecule has 104 valence electrons. The first kappa shape index (κ1) is 13.7.